The second-order valence-corrected chi connectivity index (χ2v) is 5.79. The average molecular weight is 327 g/mol. The lowest BCUT2D eigenvalue weighted by Crippen LogP contribution is -2.27. The molecule has 3 rings (SSSR count). The van der Waals surface area contributed by atoms with E-state index in [0.717, 1.165) is 25.2 Å². The van der Waals surface area contributed by atoms with Crippen LogP contribution < -0.4 is 10.9 Å². The largest absolute Gasteiger partial charge is 0.328 e. The van der Waals surface area contributed by atoms with Crippen LogP contribution in [0.4, 0.5) is 5.69 Å². The second kappa shape index (κ2) is 7.93. The number of aromatic nitrogens is 1. The van der Waals surface area contributed by atoms with Gasteiger partial charge in [0, 0.05) is 25.0 Å². The lowest BCUT2D eigenvalue weighted by molar-refractivity contribution is 0.102. The third-order valence-electron chi connectivity index (χ3n) is 4.06. The number of hydrogen-bond acceptors (Lipinski definition) is 3. The Bertz CT molecular complexity index is 780. The molecule has 2 heterocycles. The number of carbonyl (C=O) groups excluding carboxylic acids is 1. The Morgan fingerprint density at radius 3 is 2.67 bits per heavy atom. The van der Waals surface area contributed by atoms with Crippen molar-refractivity contribution in [2.75, 3.05) is 18.9 Å². The number of fused-ring (bicyclic) bond motifs is 1. The van der Waals surface area contributed by atoms with Gasteiger partial charge >= 0.3 is 0 Å². The summed E-state index contributed by atoms with van der Waals surface area (Å²) < 4.78 is 0. The van der Waals surface area contributed by atoms with Gasteiger partial charge < -0.3 is 15.2 Å². The van der Waals surface area contributed by atoms with Gasteiger partial charge in [0.25, 0.3) is 11.5 Å². The maximum atomic E-state index is 12.3. The maximum absolute atomic E-state index is 12.3. The van der Waals surface area contributed by atoms with Crippen LogP contribution in [0.5, 0.6) is 0 Å². The summed E-state index contributed by atoms with van der Waals surface area (Å²) in [5, 5.41) is 2.83. The van der Waals surface area contributed by atoms with Gasteiger partial charge in [-0.25, -0.2) is 0 Å². The number of likely N-dealkylation sites (N-methyl/N-ethyl adjacent to an activating group) is 1. The number of pyridine rings is 1. The number of nitrogens with zero attached hydrogens (tertiary/aromatic N) is 1. The third-order valence-corrected chi connectivity index (χ3v) is 4.06. The maximum Gasteiger partial charge on any atom is 0.261 e. The smallest absolute Gasteiger partial charge is 0.261 e. The van der Waals surface area contributed by atoms with Gasteiger partial charge in [0.15, 0.2) is 0 Å². The highest BCUT2D eigenvalue weighted by atomic mass is 16.2. The van der Waals surface area contributed by atoms with Crippen LogP contribution >= 0.6 is 0 Å². The SMILES string of the molecule is CC.Cc1cc[nH]c(=O)c1C(=O)Nc1ccc2c(c1)CN(C)CC2. The van der Waals surface area contributed by atoms with E-state index in [1.807, 2.05) is 26.0 Å². The van der Waals surface area contributed by atoms with Crippen molar-refractivity contribution in [1.29, 1.82) is 0 Å². The van der Waals surface area contributed by atoms with Crippen LogP contribution in [0.3, 0.4) is 0 Å². The van der Waals surface area contributed by atoms with Gasteiger partial charge in [0.05, 0.1) is 0 Å². The molecule has 0 spiro atoms. The lowest BCUT2D eigenvalue weighted by Gasteiger charge is -2.25. The van der Waals surface area contributed by atoms with E-state index in [9.17, 15) is 9.59 Å². The zero-order chi connectivity index (χ0) is 17.7. The highest BCUT2D eigenvalue weighted by Gasteiger charge is 2.16. The van der Waals surface area contributed by atoms with Crippen molar-refractivity contribution >= 4 is 11.6 Å². The monoisotopic (exact) mass is 327 g/mol. The number of nitrogens with one attached hydrogen (secondary N) is 2. The Morgan fingerprint density at radius 2 is 1.96 bits per heavy atom. The van der Waals surface area contributed by atoms with E-state index in [1.54, 1.807) is 19.2 Å². The summed E-state index contributed by atoms with van der Waals surface area (Å²) in [6.07, 6.45) is 2.57. The summed E-state index contributed by atoms with van der Waals surface area (Å²) >= 11 is 0. The summed E-state index contributed by atoms with van der Waals surface area (Å²) in [5.74, 6) is -0.372. The van der Waals surface area contributed by atoms with Gasteiger partial charge in [-0.1, -0.05) is 19.9 Å². The summed E-state index contributed by atoms with van der Waals surface area (Å²) in [6, 6.07) is 7.67. The number of aromatic amines is 1. The topological polar surface area (TPSA) is 65.2 Å². The van der Waals surface area contributed by atoms with E-state index in [1.165, 1.54) is 11.1 Å². The summed E-state index contributed by atoms with van der Waals surface area (Å²) in [7, 11) is 2.08. The number of amides is 1. The van der Waals surface area contributed by atoms with Crippen molar-refractivity contribution < 1.29 is 4.79 Å². The molecule has 0 unspecified atom stereocenters. The van der Waals surface area contributed by atoms with E-state index >= 15 is 0 Å². The van der Waals surface area contributed by atoms with Gasteiger partial charge in [-0.2, -0.15) is 0 Å². The lowest BCUT2D eigenvalue weighted by atomic mass is 9.99. The fourth-order valence-corrected chi connectivity index (χ4v) is 2.83. The van der Waals surface area contributed by atoms with Crippen molar-refractivity contribution in [3.05, 3.63) is 63.1 Å². The van der Waals surface area contributed by atoms with Gasteiger partial charge in [0.2, 0.25) is 0 Å². The molecule has 0 saturated heterocycles. The number of carbonyl (C=O) groups is 1. The molecule has 2 N–H and O–H groups in total. The summed E-state index contributed by atoms with van der Waals surface area (Å²) in [4.78, 5) is 29.0. The highest BCUT2D eigenvalue weighted by Crippen LogP contribution is 2.22. The predicted molar refractivity (Wildman–Crippen MR) is 97.6 cm³/mol. The van der Waals surface area contributed by atoms with Gasteiger partial charge in [-0.15, -0.1) is 0 Å². The van der Waals surface area contributed by atoms with Crippen molar-refractivity contribution in [3.8, 4) is 0 Å². The Morgan fingerprint density at radius 1 is 1.21 bits per heavy atom. The molecule has 24 heavy (non-hydrogen) atoms. The van der Waals surface area contributed by atoms with E-state index in [-0.39, 0.29) is 17.0 Å². The first-order valence-electron chi connectivity index (χ1n) is 8.34. The standard InChI is InChI=1S/C17H19N3O2.C2H6/c1-11-5-7-18-16(21)15(11)17(22)19-14-4-3-12-6-8-20(2)10-13(12)9-14;1-2/h3-5,7,9H,6,8,10H2,1-2H3,(H,18,21)(H,19,22);1-2H3. The minimum atomic E-state index is -0.372. The molecule has 0 aliphatic carbocycles. The first-order chi connectivity index (χ1) is 11.5. The van der Waals surface area contributed by atoms with Gasteiger partial charge in [-0.05, 0) is 55.3 Å². The Hall–Kier alpha value is -2.40. The molecule has 5 nitrogen and oxygen atoms in total. The van der Waals surface area contributed by atoms with Crippen LogP contribution in [0.1, 0.15) is 40.9 Å². The van der Waals surface area contributed by atoms with Gasteiger partial charge in [-0.3, -0.25) is 9.59 Å². The molecule has 0 fully saturated rings. The Kier molecular flexibility index (Phi) is 5.93. The molecule has 2 aromatic rings. The van der Waals surface area contributed by atoms with Crippen LogP contribution in [-0.4, -0.2) is 29.4 Å². The molecule has 0 bridgehead atoms. The molecular formula is C19H25N3O2. The fourth-order valence-electron chi connectivity index (χ4n) is 2.83. The number of anilines is 1. The Labute approximate surface area is 142 Å². The predicted octanol–water partition coefficient (Wildman–Crippen LogP) is 2.95. The summed E-state index contributed by atoms with van der Waals surface area (Å²) in [5.41, 5.74) is 3.74. The van der Waals surface area contributed by atoms with Crippen molar-refractivity contribution in [3.63, 3.8) is 0 Å². The fraction of sp³-hybridized carbons (Fsp3) is 0.368. The minimum absolute atomic E-state index is 0.164. The van der Waals surface area contributed by atoms with Crippen LogP contribution in [0.2, 0.25) is 0 Å². The molecule has 5 heteroatoms. The quantitative estimate of drug-likeness (QED) is 0.891. The summed E-state index contributed by atoms with van der Waals surface area (Å²) in [6.45, 7) is 7.69. The number of hydrogen-bond donors (Lipinski definition) is 2. The van der Waals surface area contributed by atoms with Crippen molar-refractivity contribution in [1.82, 2.24) is 9.88 Å². The average Bonchev–Trinajstić information content (AvgIpc) is 2.56. The highest BCUT2D eigenvalue weighted by molar-refractivity contribution is 6.05. The van der Waals surface area contributed by atoms with Crippen LogP contribution in [0, 0.1) is 6.92 Å². The number of rotatable bonds is 2. The first kappa shape index (κ1) is 17.9. The van der Waals surface area contributed by atoms with Gasteiger partial charge in [0.1, 0.15) is 5.56 Å². The van der Waals surface area contributed by atoms with Crippen molar-refractivity contribution in [2.45, 2.75) is 33.7 Å². The zero-order valence-electron chi connectivity index (χ0n) is 14.8. The number of benzene rings is 1. The van der Waals surface area contributed by atoms with E-state index < -0.39 is 0 Å². The molecule has 1 aliphatic heterocycles. The van der Waals surface area contributed by atoms with Crippen molar-refractivity contribution in [2.24, 2.45) is 0 Å². The van der Waals surface area contributed by atoms with E-state index in [2.05, 4.69) is 28.3 Å². The van der Waals surface area contributed by atoms with Crippen LogP contribution in [0.25, 0.3) is 0 Å². The first-order valence-corrected chi connectivity index (χ1v) is 8.34. The zero-order valence-corrected chi connectivity index (χ0v) is 14.8. The molecular weight excluding hydrogens is 302 g/mol. The molecule has 128 valence electrons. The van der Waals surface area contributed by atoms with E-state index in [0.29, 0.717) is 5.56 Å². The Balaban J connectivity index is 0.00000100. The minimum Gasteiger partial charge on any atom is -0.328 e. The molecule has 1 aromatic heterocycles. The van der Waals surface area contributed by atoms with Crippen LogP contribution in [0.15, 0.2) is 35.3 Å². The molecule has 0 atom stereocenters. The molecule has 1 aliphatic rings. The van der Waals surface area contributed by atoms with Crippen LogP contribution in [-0.2, 0) is 13.0 Å². The second-order valence-electron chi connectivity index (χ2n) is 5.79. The number of aryl methyl sites for hydroxylation is 1. The molecule has 0 radical (unpaired) electrons. The third kappa shape index (κ3) is 3.92. The normalized spacial score (nSPS) is 13.5. The molecule has 1 aromatic carbocycles. The van der Waals surface area contributed by atoms with E-state index in [4.69, 9.17) is 0 Å². The number of H-pyrrole nitrogens is 1. The molecule has 1 amide bonds. The molecule has 0 saturated carbocycles.